The van der Waals surface area contributed by atoms with Crippen LogP contribution in [0.4, 0.5) is 13.2 Å². The summed E-state index contributed by atoms with van der Waals surface area (Å²) in [6, 6.07) is 0. The molecule has 0 atom stereocenters. The third-order valence-electron chi connectivity index (χ3n) is 1.04. The van der Waals surface area contributed by atoms with Gasteiger partial charge in [0.2, 0.25) is 0 Å². The zero-order chi connectivity index (χ0) is 8.74. The van der Waals surface area contributed by atoms with Gasteiger partial charge in [0, 0.05) is 6.42 Å². The number of rotatable bonds is 4. The van der Waals surface area contributed by atoms with Crippen LogP contribution in [0, 0.1) is 12.3 Å². The predicted molar refractivity (Wildman–Crippen MR) is 37.0 cm³/mol. The first kappa shape index (κ1) is 10.3. The summed E-state index contributed by atoms with van der Waals surface area (Å²) in [6.07, 6.45) is 0.161. The average molecular weight is 165 g/mol. The van der Waals surface area contributed by atoms with Gasteiger partial charge in [-0.3, -0.25) is 0 Å². The van der Waals surface area contributed by atoms with Crippen molar-refractivity contribution in [2.75, 3.05) is 13.1 Å². The highest BCUT2D eigenvalue weighted by molar-refractivity contribution is 4.86. The van der Waals surface area contributed by atoms with E-state index in [4.69, 9.17) is 6.42 Å². The lowest BCUT2D eigenvalue weighted by molar-refractivity contribution is -0.135. The Kier molecular flexibility index (Phi) is 4.71. The molecule has 0 saturated heterocycles. The van der Waals surface area contributed by atoms with Gasteiger partial charge in [-0.05, 0) is 13.0 Å². The summed E-state index contributed by atoms with van der Waals surface area (Å²) in [4.78, 5) is 0. The van der Waals surface area contributed by atoms with Crippen LogP contribution in [0.5, 0.6) is 0 Å². The SMILES string of the molecule is C#CCNCCCC(F)(F)F. The smallest absolute Gasteiger partial charge is 0.306 e. The minimum absolute atomic E-state index is 0.0885. The number of halogens is 3. The maximum Gasteiger partial charge on any atom is 0.389 e. The van der Waals surface area contributed by atoms with Crippen LogP contribution in [0.2, 0.25) is 0 Å². The highest BCUT2D eigenvalue weighted by Gasteiger charge is 2.25. The van der Waals surface area contributed by atoms with E-state index in [1.807, 2.05) is 0 Å². The minimum atomic E-state index is -4.04. The number of alkyl halides is 3. The molecule has 0 rings (SSSR count). The predicted octanol–water partition coefficient (Wildman–Crippen LogP) is 1.55. The van der Waals surface area contributed by atoms with Crippen LogP contribution in [0.1, 0.15) is 12.8 Å². The number of nitrogens with one attached hydrogen (secondary N) is 1. The normalized spacial score (nSPS) is 11.1. The molecule has 0 spiro atoms. The molecule has 0 aliphatic heterocycles. The standard InChI is InChI=1S/C7H10F3N/c1-2-5-11-6-3-4-7(8,9)10/h1,11H,3-6H2. The van der Waals surface area contributed by atoms with Crippen molar-refractivity contribution in [3.8, 4) is 12.3 Å². The fraction of sp³-hybridized carbons (Fsp3) is 0.714. The van der Waals surface area contributed by atoms with E-state index in [1.54, 1.807) is 0 Å². The van der Waals surface area contributed by atoms with Crippen molar-refractivity contribution in [2.24, 2.45) is 0 Å². The van der Waals surface area contributed by atoms with Crippen LogP contribution in [0.25, 0.3) is 0 Å². The van der Waals surface area contributed by atoms with Crippen molar-refractivity contribution >= 4 is 0 Å². The second-order valence-corrected chi connectivity index (χ2v) is 2.10. The summed E-state index contributed by atoms with van der Waals surface area (Å²) in [5, 5.41) is 2.67. The molecule has 1 N–H and O–H groups in total. The second-order valence-electron chi connectivity index (χ2n) is 2.10. The van der Waals surface area contributed by atoms with Crippen LogP contribution in [0.15, 0.2) is 0 Å². The van der Waals surface area contributed by atoms with Crippen molar-refractivity contribution in [1.29, 1.82) is 0 Å². The molecule has 0 saturated carbocycles. The summed E-state index contributed by atoms with van der Waals surface area (Å²) in [6.45, 7) is 0.654. The van der Waals surface area contributed by atoms with Crippen molar-refractivity contribution in [1.82, 2.24) is 5.32 Å². The van der Waals surface area contributed by atoms with Gasteiger partial charge in [0.25, 0.3) is 0 Å². The lowest BCUT2D eigenvalue weighted by atomic mass is 10.3. The van der Waals surface area contributed by atoms with E-state index in [2.05, 4.69) is 11.2 Å². The van der Waals surface area contributed by atoms with Gasteiger partial charge in [-0.15, -0.1) is 6.42 Å². The Balaban J connectivity index is 3.10. The van der Waals surface area contributed by atoms with Crippen molar-refractivity contribution in [2.45, 2.75) is 19.0 Å². The molecule has 0 heterocycles. The van der Waals surface area contributed by atoms with Crippen LogP contribution < -0.4 is 5.32 Å². The summed E-state index contributed by atoms with van der Waals surface area (Å²) >= 11 is 0. The summed E-state index contributed by atoms with van der Waals surface area (Å²) in [5.74, 6) is 2.27. The Morgan fingerprint density at radius 3 is 2.45 bits per heavy atom. The van der Waals surface area contributed by atoms with Gasteiger partial charge in [-0.2, -0.15) is 13.2 Å². The Labute approximate surface area is 64.0 Å². The Bertz CT molecular complexity index is 134. The quantitative estimate of drug-likeness (QED) is 0.492. The molecular formula is C7H10F3N. The first-order valence-electron chi connectivity index (χ1n) is 3.27. The molecule has 64 valence electrons. The van der Waals surface area contributed by atoms with Crippen LogP contribution >= 0.6 is 0 Å². The maximum absolute atomic E-state index is 11.5. The van der Waals surface area contributed by atoms with Crippen molar-refractivity contribution in [3.05, 3.63) is 0 Å². The van der Waals surface area contributed by atoms with Gasteiger partial charge in [0.15, 0.2) is 0 Å². The molecule has 4 heteroatoms. The van der Waals surface area contributed by atoms with E-state index in [0.717, 1.165) is 0 Å². The molecule has 0 amide bonds. The van der Waals surface area contributed by atoms with E-state index >= 15 is 0 Å². The molecule has 0 aromatic heterocycles. The Hall–Kier alpha value is -0.690. The van der Waals surface area contributed by atoms with Gasteiger partial charge in [-0.1, -0.05) is 5.92 Å². The van der Waals surface area contributed by atoms with Crippen LogP contribution in [0.3, 0.4) is 0 Å². The van der Waals surface area contributed by atoms with E-state index < -0.39 is 12.6 Å². The van der Waals surface area contributed by atoms with E-state index in [9.17, 15) is 13.2 Å². The molecule has 11 heavy (non-hydrogen) atoms. The number of hydrogen-bond acceptors (Lipinski definition) is 1. The first-order valence-corrected chi connectivity index (χ1v) is 3.27. The monoisotopic (exact) mass is 165 g/mol. The van der Waals surface area contributed by atoms with Crippen LogP contribution in [-0.4, -0.2) is 19.3 Å². The molecule has 0 aliphatic carbocycles. The molecule has 0 aromatic rings. The highest BCUT2D eigenvalue weighted by atomic mass is 19.4. The average Bonchev–Trinajstić information content (AvgIpc) is 1.85. The van der Waals surface area contributed by atoms with E-state index in [1.165, 1.54) is 0 Å². The maximum atomic E-state index is 11.5. The zero-order valence-electron chi connectivity index (χ0n) is 6.04. The fourth-order valence-corrected chi connectivity index (χ4v) is 0.574. The van der Waals surface area contributed by atoms with Crippen molar-refractivity contribution < 1.29 is 13.2 Å². The molecule has 0 unspecified atom stereocenters. The van der Waals surface area contributed by atoms with E-state index in [0.29, 0.717) is 13.1 Å². The highest BCUT2D eigenvalue weighted by Crippen LogP contribution is 2.20. The summed E-state index contributed by atoms with van der Waals surface area (Å²) < 4.78 is 34.5. The largest absolute Gasteiger partial charge is 0.389 e. The summed E-state index contributed by atoms with van der Waals surface area (Å²) in [5.41, 5.74) is 0. The minimum Gasteiger partial charge on any atom is -0.306 e. The van der Waals surface area contributed by atoms with Gasteiger partial charge in [0.05, 0.1) is 6.54 Å². The number of terminal acetylenes is 1. The molecule has 1 nitrogen and oxygen atoms in total. The third-order valence-corrected chi connectivity index (χ3v) is 1.04. The molecule has 0 aromatic carbocycles. The Morgan fingerprint density at radius 1 is 1.36 bits per heavy atom. The van der Waals surface area contributed by atoms with Gasteiger partial charge in [-0.25, -0.2) is 0 Å². The molecular weight excluding hydrogens is 155 g/mol. The Morgan fingerprint density at radius 2 is 2.00 bits per heavy atom. The lowest BCUT2D eigenvalue weighted by Crippen LogP contribution is -2.18. The topological polar surface area (TPSA) is 12.0 Å². The van der Waals surface area contributed by atoms with Gasteiger partial charge in [0.1, 0.15) is 0 Å². The van der Waals surface area contributed by atoms with Crippen molar-refractivity contribution in [3.63, 3.8) is 0 Å². The van der Waals surface area contributed by atoms with E-state index in [-0.39, 0.29) is 6.42 Å². The van der Waals surface area contributed by atoms with Gasteiger partial charge >= 0.3 is 6.18 Å². The lowest BCUT2D eigenvalue weighted by Gasteiger charge is -2.04. The second kappa shape index (κ2) is 5.03. The zero-order valence-corrected chi connectivity index (χ0v) is 6.04. The molecule has 0 aliphatic rings. The third kappa shape index (κ3) is 9.31. The molecule has 0 bridgehead atoms. The van der Waals surface area contributed by atoms with Crippen LogP contribution in [-0.2, 0) is 0 Å². The fourth-order valence-electron chi connectivity index (χ4n) is 0.574. The summed E-state index contributed by atoms with van der Waals surface area (Å²) in [7, 11) is 0. The first-order chi connectivity index (χ1) is 5.06. The van der Waals surface area contributed by atoms with Gasteiger partial charge < -0.3 is 5.32 Å². The molecule has 0 radical (unpaired) electrons. The molecule has 0 fully saturated rings. The number of hydrogen-bond donors (Lipinski definition) is 1.